The van der Waals surface area contributed by atoms with Crippen LogP contribution in [0.1, 0.15) is 42.0 Å². The first kappa shape index (κ1) is 12.9. The van der Waals surface area contributed by atoms with Gasteiger partial charge in [-0.2, -0.15) is 0 Å². The van der Waals surface area contributed by atoms with Gasteiger partial charge in [0.15, 0.2) is 0 Å². The highest BCUT2D eigenvalue weighted by Gasteiger charge is 2.06. The van der Waals surface area contributed by atoms with Gasteiger partial charge in [0.05, 0.1) is 0 Å². The van der Waals surface area contributed by atoms with Gasteiger partial charge >= 0.3 is 0 Å². The van der Waals surface area contributed by atoms with Crippen LogP contribution in [0, 0.1) is 6.92 Å². The molecule has 0 fully saturated rings. The molecule has 0 radical (unpaired) electrons. The summed E-state index contributed by atoms with van der Waals surface area (Å²) in [6.07, 6.45) is 2.27. The Morgan fingerprint density at radius 3 is 2.00 bits per heavy atom. The first-order valence-electron chi connectivity index (χ1n) is 6.81. The fourth-order valence-corrected chi connectivity index (χ4v) is 2.49. The summed E-state index contributed by atoms with van der Waals surface area (Å²) in [7, 11) is 0. The lowest BCUT2D eigenvalue weighted by atomic mass is 9.92. The summed E-state index contributed by atoms with van der Waals surface area (Å²) in [5, 5.41) is 0. The summed E-state index contributed by atoms with van der Waals surface area (Å²) < 4.78 is 0. The Kier molecular flexibility index (Phi) is 4.19. The molecule has 0 aliphatic rings. The van der Waals surface area contributed by atoms with Gasteiger partial charge in [-0.05, 0) is 47.9 Å². The van der Waals surface area contributed by atoms with Crippen molar-refractivity contribution in [3.8, 4) is 0 Å². The second-order valence-corrected chi connectivity index (χ2v) is 5.28. The van der Waals surface area contributed by atoms with Crippen LogP contribution in [0.5, 0.6) is 0 Å². The Hall–Kier alpha value is -1.56. The molecule has 0 N–H and O–H groups in total. The Morgan fingerprint density at radius 2 is 1.33 bits per heavy atom. The lowest BCUT2D eigenvalue weighted by Gasteiger charge is -2.13. The maximum absolute atomic E-state index is 2.27. The van der Waals surface area contributed by atoms with Gasteiger partial charge in [0.1, 0.15) is 0 Å². The summed E-state index contributed by atoms with van der Waals surface area (Å²) in [4.78, 5) is 0. The van der Waals surface area contributed by atoms with Crippen molar-refractivity contribution < 1.29 is 0 Å². The van der Waals surface area contributed by atoms with Crippen LogP contribution in [0.25, 0.3) is 0 Å². The van der Waals surface area contributed by atoms with Crippen LogP contribution in [-0.4, -0.2) is 0 Å². The van der Waals surface area contributed by atoms with Gasteiger partial charge in [-0.25, -0.2) is 0 Å². The molecule has 0 saturated heterocycles. The van der Waals surface area contributed by atoms with Crippen molar-refractivity contribution in [2.24, 2.45) is 0 Å². The molecular formula is C18H22. The van der Waals surface area contributed by atoms with Gasteiger partial charge in [0, 0.05) is 0 Å². The highest BCUT2D eigenvalue weighted by molar-refractivity contribution is 5.32. The zero-order chi connectivity index (χ0) is 13.0. The minimum absolute atomic E-state index is 0.609. The van der Waals surface area contributed by atoms with Crippen LogP contribution in [0.2, 0.25) is 0 Å². The Morgan fingerprint density at radius 1 is 0.778 bits per heavy atom. The average Bonchev–Trinajstić information content (AvgIpc) is 2.38. The summed E-state index contributed by atoms with van der Waals surface area (Å²) in [5.74, 6) is 0.609. The smallest absolute Gasteiger partial charge is 0.0216 e. The summed E-state index contributed by atoms with van der Waals surface area (Å²) >= 11 is 0. The monoisotopic (exact) mass is 238 g/mol. The molecule has 0 unspecified atom stereocenters. The molecule has 18 heavy (non-hydrogen) atoms. The first-order valence-corrected chi connectivity index (χ1v) is 6.81. The molecule has 0 aliphatic carbocycles. The van der Waals surface area contributed by atoms with Gasteiger partial charge in [-0.15, -0.1) is 0 Å². The summed E-state index contributed by atoms with van der Waals surface area (Å²) in [5.41, 5.74) is 5.86. The molecule has 0 amide bonds. The van der Waals surface area contributed by atoms with Crippen LogP contribution in [-0.2, 0) is 12.8 Å². The molecule has 0 atom stereocenters. The minimum atomic E-state index is 0.609. The van der Waals surface area contributed by atoms with Gasteiger partial charge < -0.3 is 0 Å². The second-order valence-electron chi connectivity index (χ2n) is 5.28. The van der Waals surface area contributed by atoms with Gasteiger partial charge in [-0.3, -0.25) is 0 Å². The summed E-state index contributed by atoms with van der Waals surface area (Å²) in [6.45, 7) is 6.74. The van der Waals surface area contributed by atoms with Crippen LogP contribution < -0.4 is 0 Å². The Balaban J connectivity index is 2.14. The number of hydrogen-bond donors (Lipinski definition) is 0. The Labute approximate surface area is 111 Å². The van der Waals surface area contributed by atoms with E-state index in [9.17, 15) is 0 Å². The summed E-state index contributed by atoms with van der Waals surface area (Å²) in [6, 6.07) is 17.5. The quantitative estimate of drug-likeness (QED) is 0.710. The molecule has 0 heterocycles. The first-order chi connectivity index (χ1) is 8.68. The maximum Gasteiger partial charge on any atom is -0.0216 e. The van der Waals surface area contributed by atoms with E-state index < -0.39 is 0 Å². The van der Waals surface area contributed by atoms with Crippen LogP contribution in [0.4, 0.5) is 0 Å². The van der Waals surface area contributed by atoms with E-state index in [0.717, 1.165) is 12.8 Å². The van der Waals surface area contributed by atoms with E-state index in [1.54, 1.807) is 0 Å². The lowest BCUT2D eigenvalue weighted by Crippen LogP contribution is -1.99. The predicted molar refractivity (Wildman–Crippen MR) is 79.1 cm³/mol. The van der Waals surface area contributed by atoms with Crippen LogP contribution in [0.15, 0.2) is 48.5 Å². The molecule has 2 rings (SSSR count). The van der Waals surface area contributed by atoms with E-state index in [1.165, 1.54) is 22.3 Å². The molecule has 0 aliphatic heterocycles. The van der Waals surface area contributed by atoms with Crippen molar-refractivity contribution >= 4 is 0 Å². The number of hydrogen-bond acceptors (Lipinski definition) is 0. The topological polar surface area (TPSA) is 0 Å². The van der Waals surface area contributed by atoms with E-state index in [2.05, 4.69) is 69.3 Å². The minimum Gasteiger partial charge on any atom is -0.0620 e. The number of benzene rings is 2. The van der Waals surface area contributed by atoms with Crippen molar-refractivity contribution in [2.75, 3.05) is 0 Å². The molecule has 0 aromatic heterocycles. The van der Waals surface area contributed by atoms with Gasteiger partial charge in [0.2, 0.25) is 0 Å². The normalized spacial score (nSPS) is 10.9. The molecule has 0 nitrogen and oxygen atoms in total. The third kappa shape index (κ3) is 3.01. The third-order valence-electron chi connectivity index (χ3n) is 3.60. The van der Waals surface area contributed by atoms with Gasteiger partial charge in [0.25, 0.3) is 0 Å². The zero-order valence-electron chi connectivity index (χ0n) is 11.6. The highest BCUT2D eigenvalue weighted by atomic mass is 14.1. The Bertz CT molecular complexity index is 509. The molecule has 94 valence electrons. The highest BCUT2D eigenvalue weighted by Crippen LogP contribution is 2.21. The van der Waals surface area contributed by atoms with E-state index in [1.807, 2.05) is 0 Å². The predicted octanol–water partition coefficient (Wildman–Crippen LogP) is 4.90. The van der Waals surface area contributed by atoms with Crippen molar-refractivity contribution in [1.29, 1.82) is 0 Å². The van der Waals surface area contributed by atoms with Crippen molar-refractivity contribution in [3.63, 3.8) is 0 Å². The van der Waals surface area contributed by atoms with E-state index >= 15 is 0 Å². The largest absolute Gasteiger partial charge is 0.0620 e. The number of aryl methyl sites for hydroxylation is 3. The van der Waals surface area contributed by atoms with Crippen LogP contribution >= 0.6 is 0 Å². The standard InChI is InChI=1S/C18H22/c1-14(2)18-11-7-6-10-17(18)13-12-16-9-5-4-8-15(16)3/h4-11,14H,12-13H2,1-3H3. The molecule has 2 aromatic carbocycles. The van der Waals surface area contributed by atoms with Crippen LogP contribution in [0.3, 0.4) is 0 Å². The third-order valence-corrected chi connectivity index (χ3v) is 3.60. The molecule has 2 aromatic rings. The van der Waals surface area contributed by atoms with E-state index in [4.69, 9.17) is 0 Å². The fraction of sp³-hybridized carbons (Fsp3) is 0.333. The fourth-order valence-electron chi connectivity index (χ4n) is 2.49. The van der Waals surface area contributed by atoms with Crippen molar-refractivity contribution in [1.82, 2.24) is 0 Å². The lowest BCUT2D eigenvalue weighted by molar-refractivity contribution is 0.827. The van der Waals surface area contributed by atoms with E-state index in [-0.39, 0.29) is 0 Å². The molecular weight excluding hydrogens is 216 g/mol. The average molecular weight is 238 g/mol. The second kappa shape index (κ2) is 5.86. The number of rotatable bonds is 4. The van der Waals surface area contributed by atoms with Crippen molar-refractivity contribution in [3.05, 3.63) is 70.8 Å². The molecule has 0 heteroatoms. The molecule has 0 spiro atoms. The van der Waals surface area contributed by atoms with Gasteiger partial charge in [-0.1, -0.05) is 62.4 Å². The molecule has 0 saturated carbocycles. The molecule has 0 bridgehead atoms. The zero-order valence-corrected chi connectivity index (χ0v) is 11.6. The maximum atomic E-state index is 2.27. The SMILES string of the molecule is Cc1ccccc1CCc1ccccc1C(C)C. The van der Waals surface area contributed by atoms with Crippen molar-refractivity contribution in [2.45, 2.75) is 39.5 Å². The van der Waals surface area contributed by atoms with E-state index in [0.29, 0.717) is 5.92 Å².